The van der Waals surface area contributed by atoms with Crippen molar-refractivity contribution in [2.24, 2.45) is 0 Å². The molecule has 2 amide bonds. The SMILES string of the molecule is CCCCN(C)C(=O)CNC=O. The topological polar surface area (TPSA) is 49.4 Å². The van der Waals surface area contributed by atoms with Gasteiger partial charge in [0, 0.05) is 13.6 Å². The van der Waals surface area contributed by atoms with Crippen molar-refractivity contribution in [3.05, 3.63) is 0 Å². The van der Waals surface area contributed by atoms with Crippen LogP contribution in [0, 0.1) is 0 Å². The highest BCUT2D eigenvalue weighted by atomic mass is 16.2. The molecule has 0 aliphatic rings. The minimum atomic E-state index is -0.0458. The van der Waals surface area contributed by atoms with Crippen LogP contribution in [0.3, 0.4) is 0 Å². The number of nitrogens with one attached hydrogen (secondary N) is 1. The van der Waals surface area contributed by atoms with Gasteiger partial charge < -0.3 is 10.2 Å². The van der Waals surface area contributed by atoms with Crippen molar-refractivity contribution >= 4 is 12.3 Å². The van der Waals surface area contributed by atoms with Gasteiger partial charge in [0.15, 0.2) is 0 Å². The van der Waals surface area contributed by atoms with E-state index in [0.717, 1.165) is 19.4 Å². The van der Waals surface area contributed by atoms with Crippen LogP contribution in [0.1, 0.15) is 19.8 Å². The number of nitrogens with zero attached hydrogens (tertiary/aromatic N) is 1. The summed E-state index contributed by atoms with van der Waals surface area (Å²) in [6.45, 7) is 2.93. The largest absolute Gasteiger partial charge is 0.350 e. The molecule has 4 heteroatoms. The molecule has 0 heterocycles. The zero-order valence-electron chi connectivity index (χ0n) is 7.67. The Morgan fingerprint density at radius 2 is 2.25 bits per heavy atom. The van der Waals surface area contributed by atoms with Crippen LogP contribution >= 0.6 is 0 Å². The van der Waals surface area contributed by atoms with E-state index in [1.807, 2.05) is 0 Å². The summed E-state index contributed by atoms with van der Waals surface area (Å²) < 4.78 is 0. The summed E-state index contributed by atoms with van der Waals surface area (Å²) in [6.07, 6.45) is 2.60. The summed E-state index contributed by atoms with van der Waals surface area (Å²) in [5.41, 5.74) is 0. The Kier molecular flexibility index (Phi) is 6.05. The number of hydrogen-bond acceptors (Lipinski definition) is 2. The van der Waals surface area contributed by atoms with Gasteiger partial charge in [-0.2, -0.15) is 0 Å². The number of rotatable bonds is 6. The highest BCUT2D eigenvalue weighted by Gasteiger charge is 2.05. The van der Waals surface area contributed by atoms with Crippen LogP contribution in [0.5, 0.6) is 0 Å². The molecule has 0 aromatic carbocycles. The maximum Gasteiger partial charge on any atom is 0.241 e. The lowest BCUT2D eigenvalue weighted by Gasteiger charge is -2.15. The zero-order chi connectivity index (χ0) is 9.40. The predicted octanol–water partition coefficient (Wildman–Crippen LogP) is -0.00910. The summed E-state index contributed by atoms with van der Waals surface area (Å²) in [5.74, 6) is -0.0458. The molecule has 0 bridgehead atoms. The maximum absolute atomic E-state index is 11.1. The van der Waals surface area contributed by atoms with Crippen LogP contribution in [0.25, 0.3) is 0 Å². The molecular weight excluding hydrogens is 156 g/mol. The van der Waals surface area contributed by atoms with Crippen LogP contribution in [0.15, 0.2) is 0 Å². The van der Waals surface area contributed by atoms with Crippen LogP contribution < -0.4 is 5.32 Å². The Morgan fingerprint density at radius 1 is 1.58 bits per heavy atom. The van der Waals surface area contributed by atoms with Crippen LogP contribution in [-0.2, 0) is 9.59 Å². The molecule has 12 heavy (non-hydrogen) atoms. The number of unbranched alkanes of at least 4 members (excludes halogenated alkanes) is 1. The molecule has 0 atom stereocenters. The fourth-order valence-electron chi connectivity index (χ4n) is 0.784. The van der Waals surface area contributed by atoms with Gasteiger partial charge in [-0.1, -0.05) is 13.3 Å². The third-order valence-corrected chi connectivity index (χ3v) is 1.61. The van der Waals surface area contributed by atoms with E-state index in [0.29, 0.717) is 6.41 Å². The van der Waals surface area contributed by atoms with Gasteiger partial charge >= 0.3 is 0 Å². The molecule has 0 radical (unpaired) electrons. The molecule has 0 aromatic rings. The smallest absolute Gasteiger partial charge is 0.241 e. The van der Waals surface area contributed by atoms with Crippen molar-refractivity contribution < 1.29 is 9.59 Å². The standard InChI is InChI=1S/C8H16N2O2/c1-3-4-5-10(2)8(12)6-9-7-11/h7H,3-6H2,1-2H3,(H,9,11). The van der Waals surface area contributed by atoms with E-state index in [-0.39, 0.29) is 12.5 Å². The molecule has 70 valence electrons. The molecule has 0 spiro atoms. The first-order valence-electron chi connectivity index (χ1n) is 4.13. The second kappa shape index (κ2) is 6.64. The Bertz CT molecular complexity index is 148. The van der Waals surface area contributed by atoms with Crippen molar-refractivity contribution in [1.82, 2.24) is 10.2 Å². The van der Waals surface area contributed by atoms with E-state index in [4.69, 9.17) is 0 Å². The number of likely N-dealkylation sites (N-methyl/N-ethyl adjacent to an activating group) is 1. The molecule has 0 aliphatic carbocycles. The summed E-state index contributed by atoms with van der Waals surface area (Å²) >= 11 is 0. The van der Waals surface area contributed by atoms with E-state index in [1.54, 1.807) is 11.9 Å². The minimum absolute atomic E-state index is 0.0458. The highest BCUT2D eigenvalue weighted by Crippen LogP contribution is 1.91. The van der Waals surface area contributed by atoms with Crippen LogP contribution in [0.2, 0.25) is 0 Å². The lowest BCUT2D eigenvalue weighted by Crippen LogP contribution is -2.35. The first kappa shape index (κ1) is 10.9. The molecule has 1 N–H and O–H groups in total. The average Bonchev–Trinajstić information content (AvgIpc) is 2.10. The normalized spacial score (nSPS) is 9.17. The van der Waals surface area contributed by atoms with Crippen LogP contribution in [-0.4, -0.2) is 37.4 Å². The Hall–Kier alpha value is -1.06. The van der Waals surface area contributed by atoms with E-state index >= 15 is 0 Å². The Labute approximate surface area is 72.9 Å². The molecule has 0 saturated carbocycles. The summed E-state index contributed by atoms with van der Waals surface area (Å²) in [5, 5.41) is 2.33. The van der Waals surface area contributed by atoms with Gasteiger partial charge in [0.05, 0.1) is 6.54 Å². The first-order valence-corrected chi connectivity index (χ1v) is 4.13. The fraction of sp³-hybridized carbons (Fsp3) is 0.750. The molecule has 0 rings (SSSR count). The van der Waals surface area contributed by atoms with Gasteiger partial charge in [-0.15, -0.1) is 0 Å². The molecule has 0 aromatic heterocycles. The summed E-state index contributed by atoms with van der Waals surface area (Å²) in [6, 6.07) is 0. The van der Waals surface area contributed by atoms with E-state index < -0.39 is 0 Å². The first-order chi connectivity index (χ1) is 5.72. The molecule has 0 unspecified atom stereocenters. The monoisotopic (exact) mass is 172 g/mol. The predicted molar refractivity (Wildman–Crippen MR) is 46.6 cm³/mol. The lowest BCUT2D eigenvalue weighted by molar-refractivity contribution is -0.130. The fourth-order valence-corrected chi connectivity index (χ4v) is 0.784. The van der Waals surface area contributed by atoms with E-state index in [2.05, 4.69) is 12.2 Å². The molecule has 0 aliphatic heterocycles. The Balaban J connectivity index is 3.53. The lowest BCUT2D eigenvalue weighted by atomic mass is 10.3. The second-order valence-electron chi connectivity index (χ2n) is 2.67. The quantitative estimate of drug-likeness (QED) is 0.573. The third-order valence-electron chi connectivity index (χ3n) is 1.61. The summed E-state index contributed by atoms with van der Waals surface area (Å²) in [4.78, 5) is 22.6. The van der Waals surface area contributed by atoms with Crippen LogP contribution in [0.4, 0.5) is 0 Å². The summed E-state index contributed by atoms with van der Waals surface area (Å²) in [7, 11) is 1.74. The van der Waals surface area contributed by atoms with Crippen molar-refractivity contribution in [3.8, 4) is 0 Å². The van der Waals surface area contributed by atoms with Crippen molar-refractivity contribution in [3.63, 3.8) is 0 Å². The van der Waals surface area contributed by atoms with Gasteiger partial charge in [0.2, 0.25) is 12.3 Å². The van der Waals surface area contributed by atoms with E-state index in [1.165, 1.54) is 0 Å². The third kappa shape index (κ3) is 4.71. The molecule has 0 fully saturated rings. The number of amides is 2. The zero-order valence-corrected chi connectivity index (χ0v) is 7.67. The van der Waals surface area contributed by atoms with Gasteiger partial charge in [0.1, 0.15) is 0 Å². The van der Waals surface area contributed by atoms with Gasteiger partial charge in [-0.3, -0.25) is 9.59 Å². The maximum atomic E-state index is 11.1. The molecular formula is C8H16N2O2. The molecule has 4 nitrogen and oxygen atoms in total. The second-order valence-corrected chi connectivity index (χ2v) is 2.67. The highest BCUT2D eigenvalue weighted by molar-refractivity contribution is 5.79. The molecule has 0 saturated heterocycles. The van der Waals surface area contributed by atoms with Gasteiger partial charge in [-0.05, 0) is 6.42 Å². The van der Waals surface area contributed by atoms with Gasteiger partial charge in [0.25, 0.3) is 0 Å². The van der Waals surface area contributed by atoms with Crippen molar-refractivity contribution in [1.29, 1.82) is 0 Å². The van der Waals surface area contributed by atoms with Crippen molar-refractivity contribution in [2.75, 3.05) is 20.1 Å². The average molecular weight is 172 g/mol. The van der Waals surface area contributed by atoms with Crippen molar-refractivity contribution in [2.45, 2.75) is 19.8 Å². The Morgan fingerprint density at radius 3 is 2.75 bits per heavy atom. The van der Waals surface area contributed by atoms with Gasteiger partial charge in [-0.25, -0.2) is 0 Å². The number of carbonyl (C=O) groups excluding carboxylic acids is 2. The number of carbonyl (C=O) groups is 2. The van der Waals surface area contributed by atoms with E-state index in [9.17, 15) is 9.59 Å². The number of hydrogen-bond donors (Lipinski definition) is 1. The minimum Gasteiger partial charge on any atom is -0.350 e.